The molecule has 0 aliphatic rings. The Kier molecular flexibility index (Phi) is 25.4. The van der Waals surface area contributed by atoms with E-state index in [4.69, 9.17) is 47.6 Å². The molecule has 0 saturated carbocycles. The first-order valence-corrected chi connectivity index (χ1v) is 25.8. The van der Waals surface area contributed by atoms with E-state index in [0.717, 1.165) is 12.8 Å². The molecular formula is C57H76N8O12. The first-order chi connectivity index (χ1) is 36.9. The number of primary amides is 1. The monoisotopic (exact) mass is 1060 g/mol. The third-order valence-corrected chi connectivity index (χ3v) is 13.1. The van der Waals surface area contributed by atoms with E-state index in [1.807, 2.05) is 0 Å². The van der Waals surface area contributed by atoms with Gasteiger partial charge in [-0.2, -0.15) is 0 Å². The van der Waals surface area contributed by atoms with Gasteiger partial charge in [-0.1, -0.05) is 30.7 Å². The number of nitrogens with two attached hydrogens (primary N) is 5. The van der Waals surface area contributed by atoms with Crippen molar-refractivity contribution in [3.8, 4) is 23.0 Å². The summed E-state index contributed by atoms with van der Waals surface area (Å²) >= 11 is 0. The van der Waals surface area contributed by atoms with E-state index in [2.05, 4.69) is 16.0 Å². The smallest absolute Gasteiger partial charge is 0.255 e. The van der Waals surface area contributed by atoms with Crippen molar-refractivity contribution < 1.29 is 57.3 Å². The molecule has 416 valence electrons. The normalized spacial score (nSPS) is 12.5. The third-order valence-electron chi connectivity index (χ3n) is 13.1. The molecule has 0 radical (unpaired) electrons. The first-order valence-electron chi connectivity index (χ1n) is 25.8. The SMILES string of the molecule is COc1ccc(CC(=O)[C@H](CCCCN)NC(=O)c2cc(CC(=O)[C@H](CCCCN)NC(=O)c3cc(CC(=O)[C@H](C)NC(=O)c4cc(CC(=O)[C@@H](N)CCCCN)ccc4OC)ccc3OC)ccc2OC)cc1C(N)=O. The molecular weight excluding hydrogens is 989 g/mol. The van der Waals surface area contributed by atoms with Gasteiger partial charge in [0.05, 0.1) is 74.9 Å². The first kappa shape index (κ1) is 62.0. The fourth-order valence-electron chi connectivity index (χ4n) is 8.63. The summed E-state index contributed by atoms with van der Waals surface area (Å²) in [5, 5.41) is 8.43. The predicted molar refractivity (Wildman–Crippen MR) is 291 cm³/mol. The van der Waals surface area contributed by atoms with Gasteiger partial charge in [0, 0.05) is 25.7 Å². The lowest BCUT2D eigenvalue weighted by Crippen LogP contribution is -2.42. The van der Waals surface area contributed by atoms with Gasteiger partial charge in [-0.25, -0.2) is 0 Å². The number of unbranched alkanes of at least 4 members (excludes halogenated alkanes) is 3. The number of methoxy groups -OCH3 is 4. The fourth-order valence-corrected chi connectivity index (χ4v) is 8.63. The van der Waals surface area contributed by atoms with Crippen LogP contribution in [-0.4, -0.2) is 119 Å². The number of amides is 4. The van der Waals surface area contributed by atoms with Crippen molar-refractivity contribution in [1.82, 2.24) is 16.0 Å². The van der Waals surface area contributed by atoms with Gasteiger partial charge in [0.2, 0.25) is 0 Å². The molecule has 0 unspecified atom stereocenters. The van der Waals surface area contributed by atoms with Crippen LogP contribution in [0, 0.1) is 0 Å². The van der Waals surface area contributed by atoms with Crippen LogP contribution in [0.15, 0.2) is 72.8 Å². The lowest BCUT2D eigenvalue weighted by molar-refractivity contribution is -0.121. The number of carbonyl (C=O) groups is 8. The fraction of sp³-hybridized carbons (Fsp3) is 0.439. The summed E-state index contributed by atoms with van der Waals surface area (Å²) in [6.07, 6.45) is 4.17. The maximum atomic E-state index is 14.2. The molecule has 4 atom stereocenters. The van der Waals surface area contributed by atoms with E-state index < -0.39 is 47.8 Å². The Morgan fingerprint density at radius 1 is 0.429 bits per heavy atom. The number of nitrogens with one attached hydrogen (secondary N) is 3. The van der Waals surface area contributed by atoms with Gasteiger partial charge < -0.3 is 63.6 Å². The molecule has 4 amide bonds. The predicted octanol–water partition coefficient (Wildman–Crippen LogP) is 3.40. The third kappa shape index (κ3) is 18.6. The number of rotatable bonds is 35. The summed E-state index contributed by atoms with van der Waals surface area (Å²) in [4.78, 5) is 108. The number of hydrogen-bond acceptors (Lipinski definition) is 16. The second-order valence-corrected chi connectivity index (χ2v) is 18.8. The van der Waals surface area contributed by atoms with E-state index in [1.165, 1.54) is 65.7 Å². The summed E-state index contributed by atoms with van der Waals surface area (Å²) in [7, 11) is 5.57. The van der Waals surface area contributed by atoms with E-state index >= 15 is 0 Å². The van der Waals surface area contributed by atoms with Gasteiger partial charge in [-0.3, -0.25) is 38.4 Å². The standard InChI is InChI=1S/C57H76N8O12/c1-34(63-55(71)40-28-37(17-21-51(40)75-3)31-47(67)43(61)12-6-9-23-58)46(66)30-36-16-20-52(76-4)41(27-36)56(72)65-45(14-8-11-25-60)49(69)33-38-18-22-53(77-5)42(29-38)57(73)64-44(13-7-10-24-59)48(68)32-35-15-19-50(74-2)39(26-35)54(62)70/h15-22,26-29,34,43-45H,6-14,23-25,30-33,58-61H2,1-5H3,(H2,62,70)(H,63,71)(H,64,73)(H,65,72)/t34-,43-,44-,45-/m0/s1. The van der Waals surface area contributed by atoms with Gasteiger partial charge in [0.15, 0.2) is 23.1 Å². The molecule has 0 heterocycles. The van der Waals surface area contributed by atoms with Crippen molar-refractivity contribution in [3.63, 3.8) is 0 Å². The molecule has 20 nitrogen and oxygen atoms in total. The van der Waals surface area contributed by atoms with Crippen LogP contribution < -0.4 is 63.6 Å². The number of hydrogen-bond donors (Lipinski definition) is 8. The van der Waals surface area contributed by atoms with Crippen molar-refractivity contribution in [2.75, 3.05) is 48.1 Å². The summed E-state index contributed by atoms with van der Waals surface area (Å²) in [6.45, 7) is 2.77. The van der Waals surface area contributed by atoms with Crippen molar-refractivity contribution in [2.45, 2.75) is 115 Å². The van der Waals surface area contributed by atoms with Crippen molar-refractivity contribution in [2.24, 2.45) is 28.7 Å². The summed E-state index contributed by atoms with van der Waals surface area (Å²) < 4.78 is 21.7. The second-order valence-electron chi connectivity index (χ2n) is 18.8. The molecule has 4 aromatic rings. The average Bonchev–Trinajstić information content (AvgIpc) is 3.42. The summed E-state index contributed by atoms with van der Waals surface area (Å²) in [5.41, 5.74) is 31.0. The minimum atomic E-state index is -1.01. The van der Waals surface area contributed by atoms with Crippen molar-refractivity contribution in [3.05, 3.63) is 117 Å². The van der Waals surface area contributed by atoms with Crippen LogP contribution in [0.3, 0.4) is 0 Å². The van der Waals surface area contributed by atoms with Crippen molar-refractivity contribution in [1.29, 1.82) is 0 Å². The lowest BCUT2D eigenvalue weighted by atomic mass is 9.96. The highest BCUT2D eigenvalue weighted by Gasteiger charge is 2.28. The number of ketones is 4. The van der Waals surface area contributed by atoms with E-state index in [9.17, 15) is 38.4 Å². The highest BCUT2D eigenvalue weighted by atomic mass is 16.5. The average molecular weight is 1070 g/mol. The number of Topliss-reactive ketones (excluding diaryl/α,β-unsaturated/α-hetero) is 4. The van der Waals surface area contributed by atoms with Gasteiger partial charge in [0.25, 0.3) is 23.6 Å². The topological polar surface area (TPSA) is 340 Å². The van der Waals surface area contributed by atoms with Crippen LogP contribution in [-0.2, 0) is 44.9 Å². The van der Waals surface area contributed by atoms with Crippen LogP contribution in [0.5, 0.6) is 23.0 Å². The Hall–Kier alpha value is -7.52. The number of ether oxygens (including phenoxy) is 4. The van der Waals surface area contributed by atoms with Crippen molar-refractivity contribution >= 4 is 46.8 Å². The molecule has 0 saturated heterocycles. The van der Waals surface area contributed by atoms with E-state index in [1.54, 1.807) is 42.5 Å². The minimum Gasteiger partial charge on any atom is -0.496 e. The zero-order valence-electron chi connectivity index (χ0n) is 44.8. The molecule has 77 heavy (non-hydrogen) atoms. The van der Waals surface area contributed by atoms with Gasteiger partial charge >= 0.3 is 0 Å². The highest BCUT2D eigenvalue weighted by molar-refractivity contribution is 6.03. The lowest BCUT2D eigenvalue weighted by Gasteiger charge is -2.21. The molecule has 0 spiro atoms. The summed E-state index contributed by atoms with van der Waals surface area (Å²) in [5.74, 6) is -2.99. The maximum Gasteiger partial charge on any atom is 0.255 e. The zero-order valence-corrected chi connectivity index (χ0v) is 44.8. The summed E-state index contributed by atoms with van der Waals surface area (Å²) in [6, 6.07) is 15.2. The molecule has 0 aromatic heterocycles. The Labute approximate surface area is 450 Å². The largest absolute Gasteiger partial charge is 0.496 e. The second kappa shape index (κ2) is 31.5. The van der Waals surface area contributed by atoms with Crippen LogP contribution in [0.2, 0.25) is 0 Å². The van der Waals surface area contributed by atoms with Gasteiger partial charge in [0.1, 0.15) is 23.0 Å². The van der Waals surface area contributed by atoms with Crippen LogP contribution in [0.25, 0.3) is 0 Å². The zero-order chi connectivity index (χ0) is 56.6. The molecule has 0 fully saturated rings. The molecule has 4 aromatic carbocycles. The van der Waals surface area contributed by atoms with E-state index in [0.29, 0.717) is 74.0 Å². The molecule has 0 bridgehead atoms. The molecule has 0 aliphatic heterocycles. The quantitative estimate of drug-likeness (QED) is 0.0306. The number of carbonyl (C=O) groups excluding carboxylic acids is 8. The Morgan fingerprint density at radius 3 is 1.09 bits per heavy atom. The van der Waals surface area contributed by atoms with Crippen LogP contribution in [0.1, 0.15) is 128 Å². The van der Waals surface area contributed by atoms with Gasteiger partial charge in [-0.15, -0.1) is 0 Å². The van der Waals surface area contributed by atoms with Crippen LogP contribution in [0.4, 0.5) is 0 Å². The maximum absolute atomic E-state index is 14.2. The number of benzene rings is 4. The highest BCUT2D eigenvalue weighted by Crippen LogP contribution is 2.26. The molecule has 4 rings (SSSR count). The molecule has 0 aliphatic carbocycles. The minimum absolute atomic E-state index is 0.00343. The van der Waals surface area contributed by atoms with Gasteiger partial charge in [-0.05, 0) is 149 Å². The van der Waals surface area contributed by atoms with E-state index in [-0.39, 0.29) is 107 Å². The Bertz CT molecular complexity index is 2710. The molecule has 20 heteroatoms. The molecule has 13 N–H and O–H groups in total. The Morgan fingerprint density at radius 2 is 0.740 bits per heavy atom. The Balaban J connectivity index is 1.50. The van der Waals surface area contributed by atoms with Crippen LogP contribution >= 0.6 is 0 Å².